The van der Waals surface area contributed by atoms with Crippen LogP contribution in [-0.4, -0.2) is 18.7 Å². The van der Waals surface area contributed by atoms with Crippen molar-refractivity contribution in [1.82, 2.24) is 0 Å². The van der Waals surface area contributed by atoms with Crippen molar-refractivity contribution in [3.8, 4) is 0 Å². The summed E-state index contributed by atoms with van der Waals surface area (Å²) >= 11 is 0. The number of nitrogens with zero attached hydrogens (tertiary/aromatic N) is 4. The summed E-state index contributed by atoms with van der Waals surface area (Å²) in [6.07, 6.45) is -16.7. The Morgan fingerprint density at radius 3 is 2.15 bits per heavy atom. The van der Waals surface area contributed by atoms with Gasteiger partial charge in [0.1, 0.15) is 0 Å². The van der Waals surface area contributed by atoms with Crippen LogP contribution >= 0.6 is 0 Å². The third-order valence-corrected chi connectivity index (χ3v) is 6.34. The number of azide groups is 1. The summed E-state index contributed by atoms with van der Waals surface area (Å²) < 4.78 is 127. The van der Waals surface area contributed by atoms with Crippen LogP contribution in [0.1, 0.15) is 60.4 Å². The number of amides is 1. The maximum absolute atomic E-state index is 13.7. The lowest BCUT2D eigenvalue weighted by Crippen LogP contribution is -2.45. The zero-order valence-electron chi connectivity index (χ0n) is 20.4. The lowest BCUT2D eigenvalue weighted by Gasteiger charge is -2.40. The summed E-state index contributed by atoms with van der Waals surface area (Å²) in [7, 11) is 0. The summed E-state index contributed by atoms with van der Waals surface area (Å²) in [5, 5.41) is 3.01. The number of anilines is 1. The van der Waals surface area contributed by atoms with Gasteiger partial charge in [-0.05, 0) is 79.1 Å². The predicted molar refractivity (Wildman–Crippen MR) is 121 cm³/mol. The van der Waals surface area contributed by atoms with E-state index in [9.17, 15) is 44.3 Å². The van der Waals surface area contributed by atoms with Crippen LogP contribution in [0, 0.1) is 0 Å². The molecule has 2 aromatic rings. The van der Waals surface area contributed by atoms with Crippen LogP contribution in [0.25, 0.3) is 10.4 Å². The van der Waals surface area contributed by atoms with Crippen molar-refractivity contribution in [2.24, 2.45) is 5.11 Å². The molecule has 0 fully saturated rings. The van der Waals surface area contributed by atoms with E-state index in [0.29, 0.717) is 12.1 Å². The van der Waals surface area contributed by atoms with E-state index in [0.717, 1.165) is 17.0 Å². The monoisotopic (exact) mass is 568 g/mol. The molecule has 0 N–H and O–H groups in total. The van der Waals surface area contributed by atoms with Crippen molar-refractivity contribution in [3.05, 3.63) is 68.6 Å². The average Bonchev–Trinajstić information content (AvgIpc) is 2.82. The molecule has 0 saturated carbocycles. The summed E-state index contributed by atoms with van der Waals surface area (Å²) in [5.74, 6) is -1.07. The molecule has 0 radical (unpaired) electrons. The highest BCUT2D eigenvalue weighted by atomic mass is 19.4. The van der Waals surface area contributed by atoms with E-state index in [4.69, 9.17) is 10.3 Å². The number of ether oxygens (including phenoxy) is 1. The van der Waals surface area contributed by atoms with Crippen molar-refractivity contribution in [2.75, 3.05) is 11.5 Å². The summed E-state index contributed by atoms with van der Waals surface area (Å²) in [6.45, 7) is 3.12. The molecule has 0 saturated heterocycles. The van der Waals surface area contributed by atoms with Crippen LogP contribution < -0.4 is 4.90 Å². The minimum atomic E-state index is -5.33. The van der Waals surface area contributed by atoms with Crippen molar-refractivity contribution in [1.29, 1.82) is 0 Å². The molecule has 212 valence electrons. The maximum Gasteiger partial charge on any atom is 0.416 e. The first-order valence-electron chi connectivity index (χ1n) is 11.6. The third-order valence-electron chi connectivity index (χ3n) is 6.34. The van der Waals surface area contributed by atoms with Crippen molar-refractivity contribution < 1.29 is 49.0 Å². The number of alkyl halides is 9. The number of carbonyl (C=O) groups excluding carboxylic acids is 1. The molecule has 1 aliphatic heterocycles. The largest absolute Gasteiger partial charge is 0.449 e. The number of rotatable bonds is 5. The number of hydrogen-bond donors (Lipinski definition) is 0. The van der Waals surface area contributed by atoms with Crippen LogP contribution in [0.3, 0.4) is 0 Å². The second-order valence-corrected chi connectivity index (χ2v) is 8.76. The Hall–Kier alpha value is -3.61. The highest BCUT2D eigenvalue weighted by Gasteiger charge is 2.42. The summed E-state index contributed by atoms with van der Waals surface area (Å²) in [4.78, 5) is 16.2. The number of hydrogen-bond acceptors (Lipinski definition) is 3. The molecule has 0 bridgehead atoms. The standard InChI is InChI=1S/C24H21F9N4O2/c1-3-16-9-12(17-10-14(22(25,26)27)5-6-19(17)37(16)21(38)39-4-2)7-13-8-15(23(28,29)30)11-18(24(31,32)33)20(13)35-36-34/h5-6,8,10-12,16H,3-4,7,9H2,1-2H3/t12-,16-/m1/s1. The third kappa shape index (κ3) is 6.35. The van der Waals surface area contributed by atoms with Gasteiger partial charge in [-0.2, -0.15) is 39.5 Å². The first-order chi connectivity index (χ1) is 18.0. The van der Waals surface area contributed by atoms with E-state index < -0.39 is 70.9 Å². The number of fused-ring (bicyclic) bond motifs is 1. The van der Waals surface area contributed by atoms with Gasteiger partial charge in [0, 0.05) is 11.0 Å². The van der Waals surface area contributed by atoms with Gasteiger partial charge in [0.15, 0.2) is 0 Å². The smallest absolute Gasteiger partial charge is 0.416 e. The number of carbonyl (C=O) groups is 1. The van der Waals surface area contributed by atoms with E-state index in [1.165, 1.54) is 6.92 Å². The molecule has 2 aromatic carbocycles. The van der Waals surface area contributed by atoms with Gasteiger partial charge >= 0.3 is 24.6 Å². The first kappa shape index (κ1) is 29.9. The topological polar surface area (TPSA) is 78.3 Å². The van der Waals surface area contributed by atoms with E-state index >= 15 is 0 Å². The van der Waals surface area contributed by atoms with Crippen molar-refractivity contribution in [2.45, 2.75) is 63.6 Å². The summed E-state index contributed by atoms with van der Waals surface area (Å²) in [6, 6.07) is 1.97. The second-order valence-electron chi connectivity index (χ2n) is 8.76. The molecule has 1 aliphatic rings. The van der Waals surface area contributed by atoms with E-state index in [-0.39, 0.29) is 36.8 Å². The molecule has 0 unspecified atom stereocenters. The van der Waals surface area contributed by atoms with Gasteiger partial charge in [-0.3, -0.25) is 4.90 Å². The molecule has 1 amide bonds. The Bertz CT molecular complexity index is 1280. The van der Waals surface area contributed by atoms with Gasteiger partial charge in [-0.15, -0.1) is 0 Å². The van der Waals surface area contributed by atoms with Gasteiger partial charge in [0.25, 0.3) is 0 Å². The van der Waals surface area contributed by atoms with E-state index in [1.54, 1.807) is 6.92 Å². The minimum Gasteiger partial charge on any atom is -0.449 e. The molecule has 6 nitrogen and oxygen atoms in total. The lowest BCUT2D eigenvalue weighted by molar-refractivity contribution is -0.143. The fourth-order valence-corrected chi connectivity index (χ4v) is 4.68. The zero-order valence-corrected chi connectivity index (χ0v) is 20.4. The van der Waals surface area contributed by atoms with Crippen LogP contribution in [0.15, 0.2) is 35.4 Å². The normalized spacial score (nSPS) is 17.9. The Balaban J connectivity index is 2.28. The molecule has 15 heteroatoms. The number of halogens is 9. The van der Waals surface area contributed by atoms with Gasteiger partial charge in [0.05, 0.1) is 34.7 Å². The maximum atomic E-state index is 13.7. The number of benzene rings is 2. The Morgan fingerprint density at radius 1 is 1.00 bits per heavy atom. The van der Waals surface area contributed by atoms with E-state index in [2.05, 4.69) is 10.0 Å². The molecule has 0 spiro atoms. The quantitative estimate of drug-likeness (QED) is 0.156. The molecular weight excluding hydrogens is 547 g/mol. The Labute approximate surface area is 216 Å². The summed E-state index contributed by atoms with van der Waals surface area (Å²) in [5.41, 5.74) is 2.35. The van der Waals surface area contributed by atoms with Gasteiger partial charge in [-0.1, -0.05) is 12.0 Å². The fraction of sp³-hybridized carbons (Fsp3) is 0.458. The molecular formula is C24H21F9N4O2. The highest BCUT2D eigenvalue weighted by molar-refractivity contribution is 5.90. The van der Waals surface area contributed by atoms with E-state index in [1.807, 2.05) is 0 Å². The van der Waals surface area contributed by atoms with Crippen LogP contribution in [0.5, 0.6) is 0 Å². The van der Waals surface area contributed by atoms with Crippen LogP contribution in [0.2, 0.25) is 0 Å². The Kier molecular flexibility index (Phi) is 8.34. The van der Waals surface area contributed by atoms with Crippen LogP contribution in [0.4, 0.5) is 55.7 Å². The highest BCUT2D eigenvalue weighted by Crippen LogP contribution is 2.48. The molecule has 0 aromatic heterocycles. The predicted octanol–water partition coefficient (Wildman–Crippen LogP) is 9.16. The van der Waals surface area contributed by atoms with Crippen molar-refractivity contribution >= 4 is 17.5 Å². The zero-order chi connectivity index (χ0) is 29.3. The Morgan fingerprint density at radius 2 is 1.64 bits per heavy atom. The van der Waals surface area contributed by atoms with Gasteiger partial charge in [0.2, 0.25) is 0 Å². The SMILES string of the molecule is CCOC(=O)N1c2ccc(C(F)(F)F)cc2[C@H](Cc2cc(C(F)(F)F)cc(C(F)(F)F)c2N=[N+]=[N-])C[C@H]1CC. The fourth-order valence-electron chi connectivity index (χ4n) is 4.68. The molecule has 2 atom stereocenters. The molecule has 0 aliphatic carbocycles. The van der Waals surface area contributed by atoms with Crippen molar-refractivity contribution in [3.63, 3.8) is 0 Å². The molecule has 1 heterocycles. The average molecular weight is 568 g/mol. The molecule has 39 heavy (non-hydrogen) atoms. The first-order valence-corrected chi connectivity index (χ1v) is 11.6. The van der Waals surface area contributed by atoms with Gasteiger partial charge < -0.3 is 4.74 Å². The minimum absolute atomic E-state index is 0.0158. The molecule has 3 rings (SSSR count). The van der Waals surface area contributed by atoms with Crippen LogP contribution in [-0.2, 0) is 29.7 Å². The second kappa shape index (κ2) is 10.9. The lowest BCUT2D eigenvalue weighted by atomic mass is 9.79. The van der Waals surface area contributed by atoms with Gasteiger partial charge in [-0.25, -0.2) is 4.79 Å².